The molecular weight excluding hydrogens is 498 g/mol. The molecule has 1 saturated heterocycles. The van der Waals surface area contributed by atoms with Crippen molar-refractivity contribution < 1.29 is 14.0 Å². The van der Waals surface area contributed by atoms with Crippen molar-refractivity contribution >= 4 is 40.6 Å². The van der Waals surface area contributed by atoms with Crippen LogP contribution in [-0.4, -0.2) is 42.3 Å². The normalized spacial score (nSPS) is 16.0. The van der Waals surface area contributed by atoms with Gasteiger partial charge in [0.15, 0.2) is 5.78 Å². The first-order valence-corrected chi connectivity index (χ1v) is 13.0. The molecule has 0 N–H and O–H groups in total. The van der Waals surface area contributed by atoms with Crippen molar-refractivity contribution in [2.45, 2.75) is 38.1 Å². The molecule has 4 nitrogen and oxygen atoms in total. The average Bonchev–Trinajstić information content (AvgIpc) is 2.89. The van der Waals surface area contributed by atoms with Gasteiger partial charge in [-0.05, 0) is 79.9 Å². The number of rotatable bonds is 9. The number of Topliss-reactive ketones (excluding diaryl/α,β-unsaturated/α-hetero) is 1. The Labute approximate surface area is 221 Å². The van der Waals surface area contributed by atoms with Crippen molar-refractivity contribution in [2.24, 2.45) is 0 Å². The molecule has 188 valence electrons. The van der Waals surface area contributed by atoms with Crippen LogP contribution < -0.4 is 4.90 Å². The Bertz CT molecular complexity index is 1190. The third-order valence-electron chi connectivity index (χ3n) is 6.58. The summed E-state index contributed by atoms with van der Waals surface area (Å²) in [5.41, 5.74) is 2.17. The van der Waals surface area contributed by atoms with Gasteiger partial charge in [-0.1, -0.05) is 53.9 Å². The fraction of sp³-hybridized carbons (Fsp3) is 0.310. The van der Waals surface area contributed by atoms with Gasteiger partial charge in [-0.2, -0.15) is 0 Å². The third kappa shape index (κ3) is 6.73. The lowest BCUT2D eigenvalue weighted by atomic mass is 9.94. The standard InChI is InChI=1S/C29H29Cl2FN2O2/c30-25-15-10-21(19-26(25)31)20-28(35)34(24-7-2-1-3-8-24)18-6-17-33-16-5-4-9-27(33)29(36)22-11-13-23(32)14-12-22/h1-3,7-8,10-15,19,27H,4-6,9,16-18,20H2. The molecule has 1 heterocycles. The monoisotopic (exact) mass is 526 g/mol. The number of hydrogen-bond acceptors (Lipinski definition) is 3. The van der Waals surface area contributed by atoms with Crippen molar-refractivity contribution in [1.82, 2.24) is 4.90 Å². The van der Waals surface area contributed by atoms with Gasteiger partial charge in [0.1, 0.15) is 5.82 Å². The van der Waals surface area contributed by atoms with Gasteiger partial charge in [-0.15, -0.1) is 0 Å². The highest BCUT2D eigenvalue weighted by Gasteiger charge is 2.29. The van der Waals surface area contributed by atoms with Crippen LogP contribution in [-0.2, 0) is 11.2 Å². The summed E-state index contributed by atoms with van der Waals surface area (Å²) in [6.45, 7) is 2.05. The summed E-state index contributed by atoms with van der Waals surface area (Å²) < 4.78 is 13.3. The summed E-state index contributed by atoms with van der Waals surface area (Å²) in [6, 6.07) is 20.4. The van der Waals surface area contributed by atoms with Gasteiger partial charge in [-0.25, -0.2) is 4.39 Å². The quantitative estimate of drug-likeness (QED) is 0.286. The van der Waals surface area contributed by atoms with Crippen LogP contribution in [0.25, 0.3) is 0 Å². The van der Waals surface area contributed by atoms with Gasteiger partial charge < -0.3 is 4.90 Å². The first kappa shape index (κ1) is 26.3. The van der Waals surface area contributed by atoms with E-state index in [1.54, 1.807) is 29.2 Å². The summed E-state index contributed by atoms with van der Waals surface area (Å²) in [4.78, 5) is 30.5. The zero-order valence-corrected chi connectivity index (χ0v) is 21.5. The zero-order valence-electron chi connectivity index (χ0n) is 20.0. The number of ketones is 1. The molecule has 1 amide bonds. The summed E-state index contributed by atoms with van der Waals surface area (Å²) in [5, 5.41) is 0.884. The van der Waals surface area contributed by atoms with Crippen molar-refractivity contribution in [3.63, 3.8) is 0 Å². The minimum Gasteiger partial charge on any atom is -0.312 e. The fourth-order valence-corrected chi connectivity index (χ4v) is 5.04. The van der Waals surface area contributed by atoms with Crippen LogP contribution in [0.5, 0.6) is 0 Å². The first-order chi connectivity index (χ1) is 17.4. The summed E-state index contributed by atoms with van der Waals surface area (Å²) in [7, 11) is 0. The molecule has 0 aliphatic carbocycles. The second-order valence-electron chi connectivity index (χ2n) is 9.08. The minimum absolute atomic E-state index is 0.0304. The number of likely N-dealkylation sites (tertiary alicyclic amines) is 1. The second kappa shape index (κ2) is 12.5. The molecule has 0 saturated carbocycles. The zero-order chi connectivity index (χ0) is 25.5. The third-order valence-corrected chi connectivity index (χ3v) is 7.32. The summed E-state index contributed by atoms with van der Waals surface area (Å²) >= 11 is 12.2. The molecule has 1 aliphatic heterocycles. The number of para-hydroxylation sites is 1. The molecule has 7 heteroatoms. The number of anilines is 1. The Morgan fingerprint density at radius 1 is 0.944 bits per heavy atom. The van der Waals surface area contributed by atoms with Crippen LogP contribution in [0.3, 0.4) is 0 Å². The number of benzene rings is 3. The molecule has 0 aromatic heterocycles. The largest absolute Gasteiger partial charge is 0.312 e. The SMILES string of the molecule is O=C(c1ccc(F)cc1)C1CCCCN1CCCN(C(=O)Cc1ccc(Cl)c(Cl)c1)c1ccccc1. The van der Waals surface area contributed by atoms with E-state index in [4.69, 9.17) is 23.2 Å². The predicted molar refractivity (Wildman–Crippen MR) is 144 cm³/mol. The maximum Gasteiger partial charge on any atom is 0.231 e. The van der Waals surface area contributed by atoms with Crippen LogP contribution in [0.4, 0.5) is 10.1 Å². The molecule has 1 atom stereocenters. The van der Waals surface area contributed by atoms with Crippen LogP contribution in [0.2, 0.25) is 10.0 Å². The maximum atomic E-state index is 13.3. The molecule has 3 aromatic carbocycles. The van der Waals surface area contributed by atoms with E-state index >= 15 is 0 Å². The molecule has 0 radical (unpaired) electrons. The van der Waals surface area contributed by atoms with E-state index in [9.17, 15) is 14.0 Å². The molecule has 36 heavy (non-hydrogen) atoms. The predicted octanol–water partition coefficient (Wildman–Crippen LogP) is 6.84. The number of halogens is 3. The van der Waals surface area contributed by atoms with Gasteiger partial charge in [0.05, 0.1) is 22.5 Å². The summed E-state index contributed by atoms with van der Waals surface area (Å²) in [5.74, 6) is -0.346. The lowest BCUT2D eigenvalue weighted by Crippen LogP contribution is -2.46. The van der Waals surface area contributed by atoms with E-state index in [0.717, 1.165) is 43.5 Å². The Hall–Kier alpha value is -2.73. The Balaban J connectivity index is 1.43. The first-order valence-electron chi connectivity index (χ1n) is 12.3. The molecule has 1 unspecified atom stereocenters. The number of hydrogen-bond donors (Lipinski definition) is 0. The van der Waals surface area contributed by atoms with Crippen molar-refractivity contribution in [1.29, 1.82) is 0 Å². The molecule has 1 aliphatic rings. The Morgan fingerprint density at radius 2 is 1.69 bits per heavy atom. The van der Waals surface area contributed by atoms with Gasteiger partial charge in [0.25, 0.3) is 0 Å². The van der Waals surface area contributed by atoms with Crippen molar-refractivity contribution in [2.75, 3.05) is 24.5 Å². The Kier molecular flexibility index (Phi) is 9.13. The van der Waals surface area contributed by atoms with Gasteiger partial charge >= 0.3 is 0 Å². The molecule has 0 spiro atoms. The highest BCUT2D eigenvalue weighted by atomic mass is 35.5. The molecule has 1 fully saturated rings. The number of piperidine rings is 1. The molecular formula is C29H29Cl2FN2O2. The average molecular weight is 527 g/mol. The Morgan fingerprint density at radius 3 is 2.42 bits per heavy atom. The molecule has 3 aromatic rings. The van der Waals surface area contributed by atoms with E-state index in [-0.39, 0.29) is 30.0 Å². The van der Waals surface area contributed by atoms with Crippen LogP contribution in [0.1, 0.15) is 41.6 Å². The highest BCUT2D eigenvalue weighted by Crippen LogP contribution is 2.25. The number of carbonyl (C=O) groups excluding carboxylic acids is 2. The number of amides is 1. The molecule has 0 bridgehead atoms. The fourth-order valence-electron chi connectivity index (χ4n) is 4.72. The number of carbonyl (C=O) groups is 2. The van der Waals surface area contributed by atoms with Crippen LogP contribution in [0, 0.1) is 5.82 Å². The van der Waals surface area contributed by atoms with Crippen LogP contribution >= 0.6 is 23.2 Å². The summed E-state index contributed by atoms with van der Waals surface area (Å²) in [6.07, 6.45) is 3.74. The van der Waals surface area contributed by atoms with E-state index in [1.807, 2.05) is 36.4 Å². The van der Waals surface area contributed by atoms with Crippen LogP contribution in [0.15, 0.2) is 72.8 Å². The van der Waals surface area contributed by atoms with Crippen molar-refractivity contribution in [3.8, 4) is 0 Å². The highest BCUT2D eigenvalue weighted by molar-refractivity contribution is 6.42. The number of nitrogens with zero attached hydrogens (tertiary/aromatic N) is 2. The second-order valence-corrected chi connectivity index (χ2v) is 9.89. The van der Waals surface area contributed by atoms with E-state index in [1.165, 1.54) is 12.1 Å². The lowest BCUT2D eigenvalue weighted by Gasteiger charge is -2.35. The smallest absolute Gasteiger partial charge is 0.231 e. The van der Waals surface area contributed by atoms with E-state index in [2.05, 4.69) is 4.90 Å². The van der Waals surface area contributed by atoms with E-state index < -0.39 is 0 Å². The van der Waals surface area contributed by atoms with Crippen molar-refractivity contribution in [3.05, 3.63) is 99.8 Å². The lowest BCUT2D eigenvalue weighted by molar-refractivity contribution is -0.118. The van der Waals surface area contributed by atoms with E-state index in [0.29, 0.717) is 28.7 Å². The minimum atomic E-state index is -0.349. The van der Waals surface area contributed by atoms with Gasteiger partial charge in [-0.3, -0.25) is 14.5 Å². The molecule has 4 rings (SSSR count). The topological polar surface area (TPSA) is 40.6 Å². The van der Waals surface area contributed by atoms with Gasteiger partial charge in [0.2, 0.25) is 5.91 Å². The maximum absolute atomic E-state index is 13.3. The van der Waals surface area contributed by atoms with Gasteiger partial charge in [0, 0.05) is 24.3 Å².